The largest absolute Gasteiger partial charge is 0.488 e. The number of hydrogen-bond donors (Lipinski definition) is 4. The Balaban J connectivity index is 0.000000167. The Morgan fingerprint density at radius 3 is 1.52 bits per heavy atom. The lowest BCUT2D eigenvalue weighted by molar-refractivity contribution is 0.0303. The van der Waals surface area contributed by atoms with Crippen LogP contribution in [0.3, 0.4) is 0 Å². The molecule has 19 nitrogen and oxygen atoms in total. The maximum atomic E-state index is 14.5. The Bertz CT molecular complexity index is 2950. The topological polar surface area (TPSA) is 234 Å². The minimum absolute atomic E-state index is 0.0244. The molecule has 1 amide bonds. The number of hydrogen-bond acceptors (Lipinski definition) is 15. The van der Waals surface area contributed by atoms with Crippen LogP contribution in [0.4, 0.5) is 8.78 Å². The fourth-order valence-electron chi connectivity index (χ4n) is 7.18. The van der Waals surface area contributed by atoms with Gasteiger partial charge in [0, 0.05) is 92.1 Å². The summed E-state index contributed by atoms with van der Waals surface area (Å²) in [6.45, 7) is 7.29. The minimum atomic E-state index is -1.01. The highest BCUT2D eigenvalue weighted by atomic mass is 19.1. The fourth-order valence-corrected chi connectivity index (χ4v) is 7.18. The van der Waals surface area contributed by atoms with Gasteiger partial charge in [-0.1, -0.05) is 34.6 Å². The molecule has 0 saturated carbocycles. The smallest absolute Gasteiger partial charge is 0.335 e. The van der Waals surface area contributed by atoms with E-state index >= 15 is 0 Å². The zero-order valence-electron chi connectivity index (χ0n) is 37.6. The van der Waals surface area contributed by atoms with E-state index in [1.165, 1.54) is 37.4 Å². The third-order valence-electron chi connectivity index (χ3n) is 10.8. The van der Waals surface area contributed by atoms with Crippen LogP contribution in [0.25, 0.3) is 67.2 Å². The van der Waals surface area contributed by atoms with Crippen molar-refractivity contribution in [3.8, 4) is 56.9 Å². The number of aromatic carboxylic acids is 1. The average molecular weight is 951 g/mol. The van der Waals surface area contributed by atoms with Crippen molar-refractivity contribution in [2.75, 3.05) is 93.3 Å². The Labute approximate surface area is 392 Å². The van der Waals surface area contributed by atoms with Crippen LogP contribution in [0, 0.1) is 11.6 Å². The molecule has 10 rings (SSSR count). The molecule has 4 aromatic heterocycles. The van der Waals surface area contributed by atoms with Gasteiger partial charge in [0.25, 0.3) is 5.91 Å². The number of morpholine rings is 2. The van der Waals surface area contributed by atoms with Gasteiger partial charge in [-0.05, 0) is 36.4 Å². The molecule has 8 aromatic rings. The number of methoxy groups -OCH3 is 2. The van der Waals surface area contributed by atoms with E-state index in [9.17, 15) is 18.4 Å². The molecule has 0 atom stereocenters. The van der Waals surface area contributed by atoms with Crippen LogP contribution in [0.1, 0.15) is 20.7 Å². The molecular weight excluding hydrogens is 903 g/mol. The van der Waals surface area contributed by atoms with Crippen LogP contribution in [0.15, 0.2) is 94.0 Å². The number of nitrogens with zero attached hydrogens (tertiary/aromatic N) is 5. The van der Waals surface area contributed by atoms with Gasteiger partial charge in [0.1, 0.15) is 36.0 Å². The van der Waals surface area contributed by atoms with Crippen molar-refractivity contribution < 1.29 is 60.9 Å². The summed E-state index contributed by atoms with van der Waals surface area (Å²) in [7, 11) is 3.09. The molecule has 0 bridgehead atoms. The number of H-pyrrole nitrogens is 2. The van der Waals surface area contributed by atoms with Crippen molar-refractivity contribution in [3.63, 3.8) is 0 Å². The molecule has 2 saturated heterocycles. The zero-order valence-corrected chi connectivity index (χ0v) is 37.6. The maximum absolute atomic E-state index is 14.5. The molecular formula is C48H48F2N8O11. The molecule has 2 aliphatic heterocycles. The van der Waals surface area contributed by atoms with Crippen LogP contribution < -0.4 is 14.8 Å². The molecule has 2 fully saturated rings. The van der Waals surface area contributed by atoms with Crippen molar-refractivity contribution in [1.29, 1.82) is 0 Å². The first-order valence-corrected chi connectivity index (χ1v) is 21.8. The van der Waals surface area contributed by atoms with Crippen LogP contribution >= 0.6 is 0 Å². The first kappa shape index (κ1) is 47.9. The molecule has 69 heavy (non-hydrogen) atoms. The number of ether oxygens (including phenoxy) is 6. The van der Waals surface area contributed by atoms with E-state index in [2.05, 4.69) is 36.0 Å². The maximum Gasteiger partial charge on any atom is 0.335 e. The predicted molar refractivity (Wildman–Crippen MR) is 246 cm³/mol. The van der Waals surface area contributed by atoms with Gasteiger partial charge < -0.3 is 52.8 Å². The lowest BCUT2D eigenvalue weighted by Gasteiger charge is -2.26. The molecule has 0 spiro atoms. The number of fused-ring (bicyclic) bond motifs is 2. The number of carboxylic acids is 1. The van der Waals surface area contributed by atoms with Gasteiger partial charge in [0.05, 0.1) is 56.2 Å². The van der Waals surface area contributed by atoms with Crippen molar-refractivity contribution in [2.24, 2.45) is 0 Å². The summed E-state index contributed by atoms with van der Waals surface area (Å²) >= 11 is 0. The second-order valence-electron chi connectivity index (χ2n) is 15.4. The number of aromatic nitrogens is 6. The van der Waals surface area contributed by atoms with E-state index in [1.54, 1.807) is 54.5 Å². The third-order valence-corrected chi connectivity index (χ3v) is 10.8. The molecule has 6 heterocycles. The summed E-state index contributed by atoms with van der Waals surface area (Å²) in [5, 5.41) is 35.6. The summed E-state index contributed by atoms with van der Waals surface area (Å²) in [4.78, 5) is 25.4. The highest BCUT2D eigenvalue weighted by molar-refractivity contribution is 5.96. The second-order valence-corrected chi connectivity index (χ2v) is 15.4. The number of carboxylic acid groups (broad SMARTS) is 1. The van der Waals surface area contributed by atoms with Gasteiger partial charge in [-0.3, -0.25) is 15.0 Å². The lowest BCUT2D eigenvalue weighted by Crippen LogP contribution is -2.40. The van der Waals surface area contributed by atoms with Crippen LogP contribution in [-0.2, 0) is 18.9 Å². The van der Waals surface area contributed by atoms with Crippen LogP contribution in [-0.4, -0.2) is 146 Å². The highest BCUT2D eigenvalue weighted by Crippen LogP contribution is 2.34. The van der Waals surface area contributed by atoms with E-state index in [0.29, 0.717) is 107 Å². The van der Waals surface area contributed by atoms with E-state index in [0.717, 1.165) is 31.9 Å². The van der Waals surface area contributed by atoms with Gasteiger partial charge >= 0.3 is 5.97 Å². The van der Waals surface area contributed by atoms with Crippen molar-refractivity contribution >= 4 is 33.7 Å². The third kappa shape index (κ3) is 11.8. The van der Waals surface area contributed by atoms with Gasteiger partial charge in [-0.2, -0.15) is 10.2 Å². The van der Waals surface area contributed by atoms with Crippen molar-refractivity contribution in [3.05, 3.63) is 108 Å². The first-order valence-electron chi connectivity index (χ1n) is 21.8. The van der Waals surface area contributed by atoms with Crippen LogP contribution in [0.5, 0.6) is 11.5 Å². The number of nitrogens with one attached hydrogen (secondary N) is 3. The zero-order chi connectivity index (χ0) is 48.1. The van der Waals surface area contributed by atoms with Gasteiger partial charge in [0.15, 0.2) is 34.7 Å². The number of aromatic amines is 2. The molecule has 21 heteroatoms. The quantitative estimate of drug-likeness (QED) is 0.0814. The lowest BCUT2D eigenvalue weighted by atomic mass is 10.1. The normalized spacial score (nSPS) is 13.7. The minimum Gasteiger partial charge on any atom is -0.488 e. The summed E-state index contributed by atoms with van der Waals surface area (Å²) in [5.41, 5.74) is 5.16. The molecule has 0 aliphatic carbocycles. The molecule has 4 aromatic carbocycles. The average Bonchev–Trinajstić information content (AvgIpc) is 4.23. The fraction of sp³-hybridized carbons (Fsp3) is 0.292. The van der Waals surface area contributed by atoms with Crippen molar-refractivity contribution in [1.82, 2.24) is 40.9 Å². The van der Waals surface area contributed by atoms with Crippen LogP contribution in [0.2, 0.25) is 0 Å². The van der Waals surface area contributed by atoms with E-state index < -0.39 is 17.6 Å². The van der Waals surface area contributed by atoms with Gasteiger partial charge in [-0.15, -0.1) is 0 Å². The van der Waals surface area contributed by atoms with Crippen molar-refractivity contribution in [2.45, 2.75) is 0 Å². The number of carbonyl (C=O) groups is 2. The predicted octanol–water partition coefficient (Wildman–Crippen LogP) is 6.88. The summed E-state index contributed by atoms with van der Waals surface area (Å²) in [6, 6.07) is 22.5. The summed E-state index contributed by atoms with van der Waals surface area (Å²) in [5.74, 6) is -0.894. The van der Waals surface area contributed by atoms with E-state index in [4.69, 9.17) is 42.6 Å². The monoisotopic (exact) mass is 950 g/mol. The number of carbonyl (C=O) groups excluding carboxylic acids is 1. The number of amides is 1. The highest BCUT2D eigenvalue weighted by Gasteiger charge is 2.21. The number of halogens is 2. The Hall–Kier alpha value is -7.56. The number of rotatable bonds is 14. The Morgan fingerprint density at radius 2 is 1.10 bits per heavy atom. The standard InChI is InChI=1S/C24H23FN4O5.C20H16FN3O5.C4H9NO/c1-31-10-11-33-22-13-19-17(12-18(22)25)23(27-26-19)20-14-21(34-28-20)15-2-4-16(5-3-15)24(30)29-6-8-32-9-7-29;1-27-6-7-28-18-9-15-13(8-14(18)21)19(23-22-15)16-10-17(29-24-16)11-2-4-12(5-3-11)20(25)26;1-3-6-4-2-5-1/h2-5,12-14H,6-11H2,1H3,(H,26,27);2-5,8-10H,6-7H2,1H3,(H,22,23)(H,25,26);5H,1-4H2. The molecule has 360 valence electrons. The second kappa shape index (κ2) is 23.0. The Morgan fingerprint density at radius 1 is 0.638 bits per heavy atom. The first-order chi connectivity index (χ1) is 33.7. The summed E-state index contributed by atoms with van der Waals surface area (Å²) < 4.78 is 70.7. The molecule has 0 unspecified atom stereocenters. The molecule has 4 N–H and O–H groups in total. The number of benzene rings is 4. The van der Waals surface area contributed by atoms with Gasteiger partial charge in [-0.25, -0.2) is 13.6 Å². The molecule has 2 aliphatic rings. The SMILES string of the molecule is C1COCCN1.COCCOc1cc2[nH]nc(-c3cc(-c4ccc(C(=O)N5CCOCC5)cc4)on3)c2cc1F.COCCOc1cc2[nH]nc(-c3cc(-c4ccc(C(=O)O)cc4)on3)c2cc1F. The van der Waals surface area contributed by atoms with E-state index in [1.807, 2.05) is 12.1 Å². The Kier molecular flexibility index (Phi) is 15.9. The molecule has 0 radical (unpaired) electrons. The summed E-state index contributed by atoms with van der Waals surface area (Å²) in [6.07, 6.45) is 0. The van der Waals surface area contributed by atoms with E-state index in [-0.39, 0.29) is 36.2 Å². The van der Waals surface area contributed by atoms with Gasteiger partial charge in [0.2, 0.25) is 0 Å².